The Morgan fingerprint density at radius 2 is 1.77 bits per heavy atom. The fourth-order valence-electron chi connectivity index (χ4n) is 2.82. The standard InChI is InChI=1S/C22H19ClFN3O2S/c1-2-29-19-11-10-15(12-18(19)23)27-22(30)26-14-8-6-13(7-9-14)16-4-3-5-17(20(16)24)21(25)28/h3-12H,2H2,1H3,(H2,25,28)(H2,26,27,30). The number of carbonyl (C=O) groups is 1. The van der Waals surface area contributed by atoms with Crippen molar-refractivity contribution >= 4 is 46.2 Å². The second-order valence-corrected chi connectivity index (χ2v) is 7.08. The maximum absolute atomic E-state index is 14.5. The van der Waals surface area contributed by atoms with Crippen molar-refractivity contribution in [2.75, 3.05) is 17.2 Å². The van der Waals surface area contributed by atoms with E-state index in [0.29, 0.717) is 45.0 Å². The van der Waals surface area contributed by atoms with Gasteiger partial charge in [0, 0.05) is 16.9 Å². The third-order valence-electron chi connectivity index (χ3n) is 4.21. The van der Waals surface area contributed by atoms with Crippen LogP contribution in [0.4, 0.5) is 15.8 Å². The van der Waals surface area contributed by atoms with Gasteiger partial charge in [0.25, 0.3) is 5.91 Å². The van der Waals surface area contributed by atoms with Crippen LogP contribution in [0.3, 0.4) is 0 Å². The molecular formula is C22H19ClFN3O2S. The maximum atomic E-state index is 14.5. The molecule has 0 fully saturated rings. The summed E-state index contributed by atoms with van der Waals surface area (Å²) >= 11 is 11.5. The number of carbonyl (C=O) groups excluding carboxylic acids is 1. The van der Waals surface area contributed by atoms with E-state index in [-0.39, 0.29) is 5.56 Å². The number of hydrogen-bond acceptors (Lipinski definition) is 3. The quantitative estimate of drug-likeness (QED) is 0.441. The Morgan fingerprint density at radius 1 is 1.10 bits per heavy atom. The first-order valence-corrected chi connectivity index (χ1v) is 9.86. The molecular weight excluding hydrogens is 425 g/mol. The molecule has 5 nitrogen and oxygen atoms in total. The van der Waals surface area contributed by atoms with Crippen LogP contribution in [-0.2, 0) is 0 Å². The van der Waals surface area contributed by atoms with Gasteiger partial charge in [-0.25, -0.2) is 4.39 Å². The third kappa shape index (κ3) is 5.06. The van der Waals surface area contributed by atoms with E-state index in [0.717, 1.165) is 0 Å². The first kappa shape index (κ1) is 21.5. The van der Waals surface area contributed by atoms with Crippen molar-refractivity contribution < 1.29 is 13.9 Å². The number of rotatable bonds is 6. The van der Waals surface area contributed by atoms with Gasteiger partial charge in [-0.3, -0.25) is 4.79 Å². The third-order valence-corrected chi connectivity index (χ3v) is 4.71. The second kappa shape index (κ2) is 9.56. The van der Waals surface area contributed by atoms with Crippen LogP contribution >= 0.6 is 23.8 Å². The van der Waals surface area contributed by atoms with Crippen LogP contribution in [0, 0.1) is 5.82 Å². The molecule has 0 spiro atoms. The highest BCUT2D eigenvalue weighted by atomic mass is 35.5. The molecule has 0 radical (unpaired) electrons. The SMILES string of the molecule is CCOc1ccc(NC(=S)Nc2ccc(-c3cccc(C(N)=O)c3F)cc2)cc1Cl. The van der Waals surface area contributed by atoms with Gasteiger partial charge in [0.2, 0.25) is 0 Å². The largest absolute Gasteiger partial charge is 0.492 e. The van der Waals surface area contributed by atoms with E-state index in [4.69, 9.17) is 34.3 Å². The summed E-state index contributed by atoms with van der Waals surface area (Å²) in [6.45, 7) is 2.41. The number of nitrogens with one attached hydrogen (secondary N) is 2. The van der Waals surface area contributed by atoms with Crippen LogP contribution in [0.5, 0.6) is 5.75 Å². The Labute approximate surface area is 184 Å². The van der Waals surface area contributed by atoms with Crippen molar-refractivity contribution in [1.29, 1.82) is 0 Å². The molecule has 30 heavy (non-hydrogen) atoms. The summed E-state index contributed by atoms with van der Waals surface area (Å²) in [6, 6.07) is 16.8. The molecule has 1 amide bonds. The maximum Gasteiger partial charge on any atom is 0.251 e. The summed E-state index contributed by atoms with van der Waals surface area (Å²) in [6.07, 6.45) is 0. The molecule has 4 N–H and O–H groups in total. The Balaban J connectivity index is 1.69. The van der Waals surface area contributed by atoms with E-state index in [2.05, 4.69) is 10.6 Å². The highest BCUT2D eigenvalue weighted by Gasteiger charge is 2.13. The van der Waals surface area contributed by atoms with Crippen LogP contribution in [0.1, 0.15) is 17.3 Å². The monoisotopic (exact) mass is 443 g/mol. The predicted molar refractivity (Wildman–Crippen MR) is 123 cm³/mol. The lowest BCUT2D eigenvalue weighted by molar-refractivity contribution is 0.0996. The molecule has 3 aromatic carbocycles. The van der Waals surface area contributed by atoms with E-state index >= 15 is 0 Å². The topological polar surface area (TPSA) is 76.4 Å². The minimum Gasteiger partial charge on any atom is -0.492 e. The Kier molecular flexibility index (Phi) is 6.87. The van der Waals surface area contributed by atoms with Gasteiger partial charge in [0.1, 0.15) is 11.6 Å². The van der Waals surface area contributed by atoms with Gasteiger partial charge in [-0.2, -0.15) is 0 Å². The zero-order valence-corrected chi connectivity index (χ0v) is 17.6. The highest BCUT2D eigenvalue weighted by molar-refractivity contribution is 7.80. The van der Waals surface area contributed by atoms with Gasteiger partial charge in [-0.1, -0.05) is 35.9 Å². The molecule has 154 valence electrons. The van der Waals surface area contributed by atoms with Crippen molar-refractivity contribution in [2.45, 2.75) is 6.92 Å². The van der Waals surface area contributed by atoms with Crippen molar-refractivity contribution in [3.63, 3.8) is 0 Å². The lowest BCUT2D eigenvalue weighted by atomic mass is 10.0. The molecule has 0 unspecified atom stereocenters. The van der Waals surface area contributed by atoms with Crippen molar-refractivity contribution in [3.8, 4) is 16.9 Å². The van der Waals surface area contributed by atoms with Crippen LogP contribution < -0.4 is 21.1 Å². The number of benzene rings is 3. The van der Waals surface area contributed by atoms with E-state index in [1.807, 2.05) is 13.0 Å². The zero-order valence-electron chi connectivity index (χ0n) is 16.0. The highest BCUT2D eigenvalue weighted by Crippen LogP contribution is 2.28. The Morgan fingerprint density at radius 3 is 2.40 bits per heavy atom. The molecule has 0 aliphatic carbocycles. The van der Waals surface area contributed by atoms with Crippen molar-refractivity contribution in [2.24, 2.45) is 5.73 Å². The first-order valence-electron chi connectivity index (χ1n) is 9.08. The minimum atomic E-state index is -0.807. The summed E-state index contributed by atoms with van der Waals surface area (Å²) in [4.78, 5) is 11.3. The minimum absolute atomic E-state index is 0.144. The number of ether oxygens (including phenoxy) is 1. The fraction of sp³-hybridized carbons (Fsp3) is 0.0909. The average Bonchev–Trinajstić information content (AvgIpc) is 2.71. The normalized spacial score (nSPS) is 10.4. The summed E-state index contributed by atoms with van der Waals surface area (Å²) in [5.74, 6) is -0.847. The second-order valence-electron chi connectivity index (χ2n) is 6.27. The average molecular weight is 444 g/mol. The number of nitrogens with two attached hydrogens (primary N) is 1. The summed E-state index contributed by atoms with van der Waals surface area (Å²) in [5.41, 5.74) is 7.39. The molecule has 0 aliphatic heterocycles. The molecule has 0 atom stereocenters. The molecule has 0 aromatic heterocycles. The molecule has 0 saturated heterocycles. The Bertz CT molecular complexity index is 1090. The van der Waals surface area contributed by atoms with E-state index in [1.54, 1.807) is 48.5 Å². The van der Waals surface area contributed by atoms with Gasteiger partial charge in [0.05, 0.1) is 17.2 Å². The number of amides is 1. The lowest BCUT2D eigenvalue weighted by Crippen LogP contribution is -2.19. The molecule has 0 heterocycles. The van der Waals surface area contributed by atoms with Gasteiger partial charge >= 0.3 is 0 Å². The number of hydrogen-bond donors (Lipinski definition) is 3. The Hall–Kier alpha value is -3.16. The molecule has 0 aliphatic rings. The van der Waals surface area contributed by atoms with E-state index < -0.39 is 11.7 Å². The zero-order chi connectivity index (χ0) is 21.7. The molecule has 3 rings (SSSR count). The first-order chi connectivity index (χ1) is 14.4. The van der Waals surface area contributed by atoms with Gasteiger partial charge in [0.15, 0.2) is 5.11 Å². The van der Waals surface area contributed by atoms with E-state index in [9.17, 15) is 9.18 Å². The smallest absolute Gasteiger partial charge is 0.251 e. The van der Waals surface area contributed by atoms with Crippen molar-refractivity contribution in [1.82, 2.24) is 0 Å². The van der Waals surface area contributed by atoms with Crippen LogP contribution in [-0.4, -0.2) is 17.6 Å². The molecule has 3 aromatic rings. The molecule has 0 saturated carbocycles. The van der Waals surface area contributed by atoms with Crippen molar-refractivity contribution in [3.05, 3.63) is 77.1 Å². The van der Waals surface area contributed by atoms with Crippen LogP contribution in [0.2, 0.25) is 5.02 Å². The summed E-state index contributed by atoms with van der Waals surface area (Å²) in [5, 5.41) is 6.94. The molecule has 8 heteroatoms. The predicted octanol–water partition coefficient (Wildman–Crippen LogP) is 5.45. The molecule has 0 bridgehead atoms. The van der Waals surface area contributed by atoms with Gasteiger partial charge in [-0.15, -0.1) is 0 Å². The lowest BCUT2D eigenvalue weighted by Gasteiger charge is -2.13. The van der Waals surface area contributed by atoms with Gasteiger partial charge in [-0.05, 0) is 61.1 Å². The van der Waals surface area contributed by atoms with Crippen LogP contribution in [0.15, 0.2) is 60.7 Å². The summed E-state index contributed by atoms with van der Waals surface area (Å²) < 4.78 is 19.9. The summed E-state index contributed by atoms with van der Waals surface area (Å²) in [7, 11) is 0. The van der Waals surface area contributed by atoms with E-state index in [1.165, 1.54) is 6.07 Å². The number of anilines is 2. The number of halogens is 2. The fourth-order valence-corrected chi connectivity index (χ4v) is 3.29. The number of primary amides is 1. The van der Waals surface area contributed by atoms with Crippen LogP contribution in [0.25, 0.3) is 11.1 Å². The van der Waals surface area contributed by atoms with Gasteiger partial charge < -0.3 is 21.1 Å². The number of thiocarbonyl (C=S) groups is 1.